The molecule has 1 aliphatic rings. The highest BCUT2D eigenvalue weighted by atomic mass is 19.1. The molecular formula is C15H17FN2O3. The van der Waals surface area contributed by atoms with E-state index in [9.17, 15) is 9.18 Å². The van der Waals surface area contributed by atoms with Crippen molar-refractivity contribution in [3.05, 3.63) is 29.6 Å². The highest BCUT2D eigenvalue weighted by Crippen LogP contribution is 2.15. The third kappa shape index (κ3) is 4.45. The van der Waals surface area contributed by atoms with Gasteiger partial charge in [-0.25, -0.2) is 9.18 Å². The number of morpholine rings is 1. The van der Waals surface area contributed by atoms with Crippen molar-refractivity contribution in [3.63, 3.8) is 0 Å². The summed E-state index contributed by atoms with van der Waals surface area (Å²) < 4.78 is 18.8. The number of halogens is 1. The van der Waals surface area contributed by atoms with Gasteiger partial charge in [0, 0.05) is 25.2 Å². The molecule has 2 rings (SSSR count). The second kappa shape index (κ2) is 7.62. The van der Waals surface area contributed by atoms with Crippen LogP contribution in [0.4, 0.5) is 14.9 Å². The highest BCUT2D eigenvalue weighted by molar-refractivity contribution is 5.89. The van der Waals surface area contributed by atoms with Crippen LogP contribution >= 0.6 is 0 Å². The van der Waals surface area contributed by atoms with E-state index in [4.69, 9.17) is 9.84 Å². The van der Waals surface area contributed by atoms with Crippen molar-refractivity contribution >= 4 is 11.7 Å². The number of aliphatic hydroxyl groups is 1. The first-order valence-corrected chi connectivity index (χ1v) is 6.73. The van der Waals surface area contributed by atoms with E-state index < -0.39 is 5.82 Å². The van der Waals surface area contributed by atoms with Crippen molar-refractivity contribution in [3.8, 4) is 11.8 Å². The van der Waals surface area contributed by atoms with E-state index in [1.165, 1.54) is 18.2 Å². The summed E-state index contributed by atoms with van der Waals surface area (Å²) in [5, 5.41) is 11.4. The summed E-state index contributed by atoms with van der Waals surface area (Å²) in [6.45, 7) is 2.05. The number of hydrogen-bond acceptors (Lipinski definition) is 3. The fourth-order valence-electron chi connectivity index (χ4n) is 1.88. The number of urea groups is 1. The molecule has 0 aromatic heterocycles. The van der Waals surface area contributed by atoms with E-state index >= 15 is 0 Å². The van der Waals surface area contributed by atoms with Gasteiger partial charge >= 0.3 is 6.03 Å². The Bertz CT molecular complexity index is 560. The van der Waals surface area contributed by atoms with Gasteiger partial charge in [0.05, 0.1) is 25.4 Å². The number of aliphatic hydroxyl groups excluding tert-OH is 1. The first-order valence-electron chi connectivity index (χ1n) is 6.73. The molecule has 21 heavy (non-hydrogen) atoms. The molecule has 5 nitrogen and oxygen atoms in total. The second-order valence-electron chi connectivity index (χ2n) is 4.50. The summed E-state index contributed by atoms with van der Waals surface area (Å²) in [6.07, 6.45) is 0.282. The number of amides is 2. The van der Waals surface area contributed by atoms with Gasteiger partial charge in [0.15, 0.2) is 0 Å². The van der Waals surface area contributed by atoms with Crippen molar-refractivity contribution in [2.75, 3.05) is 38.2 Å². The van der Waals surface area contributed by atoms with E-state index in [0.717, 1.165) is 0 Å². The van der Waals surface area contributed by atoms with Gasteiger partial charge in [-0.05, 0) is 18.2 Å². The monoisotopic (exact) mass is 292 g/mol. The van der Waals surface area contributed by atoms with Gasteiger partial charge in [0.2, 0.25) is 0 Å². The van der Waals surface area contributed by atoms with Crippen molar-refractivity contribution in [2.45, 2.75) is 6.42 Å². The third-order valence-electron chi connectivity index (χ3n) is 2.98. The number of carbonyl (C=O) groups excluding carboxylic acids is 1. The molecule has 0 unspecified atom stereocenters. The van der Waals surface area contributed by atoms with Crippen LogP contribution in [0.3, 0.4) is 0 Å². The minimum Gasteiger partial charge on any atom is -0.395 e. The molecule has 1 fully saturated rings. The molecule has 1 aromatic carbocycles. The number of ether oxygens (including phenoxy) is 1. The Balaban J connectivity index is 2.04. The number of nitrogens with zero attached hydrogens (tertiary/aromatic N) is 1. The lowest BCUT2D eigenvalue weighted by Crippen LogP contribution is -2.43. The number of anilines is 1. The molecule has 1 aliphatic heterocycles. The van der Waals surface area contributed by atoms with Crippen LogP contribution in [0.15, 0.2) is 18.2 Å². The molecule has 0 aliphatic carbocycles. The lowest BCUT2D eigenvalue weighted by atomic mass is 10.2. The summed E-state index contributed by atoms with van der Waals surface area (Å²) in [4.78, 5) is 13.7. The lowest BCUT2D eigenvalue weighted by molar-refractivity contribution is 0.0564. The second-order valence-corrected chi connectivity index (χ2v) is 4.50. The van der Waals surface area contributed by atoms with Gasteiger partial charge < -0.3 is 20.1 Å². The number of nitrogens with one attached hydrogen (secondary N) is 1. The molecule has 2 amide bonds. The molecule has 0 spiro atoms. The van der Waals surface area contributed by atoms with E-state index in [2.05, 4.69) is 17.2 Å². The predicted octanol–water partition coefficient (Wildman–Crippen LogP) is 1.42. The van der Waals surface area contributed by atoms with E-state index in [0.29, 0.717) is 32.0 Å². The van der Waals surface area contributed by atoms with Crippen LogP contribution < -0.4 is 5.32 Å². The Morgan fingerprint density at radius 2 is 2.19 bits per heavy atom. The summed E-state index contributed by atoms with van der Waals surface area (Å²) >= 11 is 0. The van der Waals surface area contributed by atoms with Crippen molar-refractivity contribution in [1.29, 1.82) is 0 Å². The van der Waals surface area contributed by atoms with Crippen LogP contribution in [0, 0.1) is 17.7 Å². The van der Waals surface area contributed by atoms with Crippen molar-refractivity contribution in [2.24, 2.45) is 0 Å². The molecule has 0 radical (unpaired) electrons. The maximum absolute atomic E-state index is 13.6. The SMILES string of the molecule is O=C(Nc1ccc(F)c(C#CCCO)c1)N1CCOCC1. The zero-order valence-electron chi connectivity index (χ0n) is 11.6. The van der Waals surface area contributed by atoms with E-state index in [1.54, 1.807) is 4.90 Å². The lowest BCUT2D eigenvalue weighted by Gasteiger charge is -2.26. The van der Waals surface area contributed by atoms with Gasteiger partial charge in [-0.1, -0.05) is 11.8 Å². The van der Waals surface area contributed by atoms with Gasteiger partial charge in [-0.15, -0.1) is 0 Å². The van der Waals surface area contributed by atoms with Crippen LogP contribution in [0.5, 0.6) is 0 Å². The summed E-state index contributed by atoms with van der Waals surface area (Å²) in [7, 11) is 0. The molecule has 0 bridgehead atoms. The average molecular weight is 292 g/mol. The zero-order chi connectivity index (χ0) is 15.1. The fourth-order valence-corrected chi connectivity index (χ4v) is 1.88. The number of hydrogen-bond donors (Lipinski definition) is 2. The smallest absolute Gasteiger partial charge is 0.322 e. The Morgan fingerprint density at radius 1 is 1.43 bits per heavy atom. The number of benzene rings is 1. The molecule has 2 N–H and O–H groups in total. The fraction of sp³-hybridized carbons (Fsp3) is 0.400. The minimum absolute atomic E-state index is 0.0674. The van der Waals surface area contributed by atoms with Crippen molar-refractivity contribution < 1.29 is 19.0 Å². The number of carbonyl (C=O) groups is 1. The van der Waals surface area contributed by atoms with E-state index in [-0.39, 0.29) is 24.6 Å². The Kier molecular flexibility index (Phi) is 5.55. The standard InChI is InChI=1S/C15H17FN2O3/c16-14-5-4-13(11-12(14)3-1-2-8-19)17-15(20)18-6-9-21-10-7-18/h4-5,11,19H,2,6-10H2,(H,17,20). The van der Waals surface area contributed by atoms with Crippen LogP contribution in [-0.2, 0) is 4.74 Å². The van der Waals surface area contributed by atoms with Gasteiger partial charge in [0.1, 0.15) is 5.82 Å². The number of rotatable bonds is 2. The van der Waals surface area contributed by atoms with Crippen LogP contribution in [0.25, 0.3) is 0 Å². The van der Waals surface area contributed by atoms with Gasteiger partial charge in [-0.3, -0.25) is 0 Å². The summed E-state index contributed by atoms with van der Waals surface area (Å²) in [5.41, 5.74) is 0.685. The molecule has 112 valence electrons. The molecule has 6 heteroatoms. The normalized spacial score (nSPS) is 14.3. The molecule has 0 atom stereocenters. The summed E-state index contributed by atoms with van der Waals surface area (Å²) in [5.74, 6) is 4.84. The summed E-state index contributed by atoms with van der Waals surface area (Å²) in [6, 6.07) is 4.00. The molecular weight excluding hydrogens is 275 g/mol. The Labute approximate surface area is 122 Å². The average Bonchev–Trinajstić information content (AvgIpc) is 2.51. The van der Waals surface area contributed by atoms with Crippen LogP contribution in [0.1, 0.15) is 12.0 Å². The topological polar surface area (TPSA) is 61.8 Å². The first-order chi connectivity index (χ1) is 10.2. The Morgan fingerprint density at radius 3 is 2.90 bits per heavy atom. The van der Waals surface area contributed by atoms with Gasteiger partial charge in [0.25, 0.3) is 0 Å². The minimum atomic E-state index is -0.454. The molecule has 0 saturated carbocycles. The molecule has 1 heterocycles. The highest BCUT2D eigenvalue weighted by Gasteiger charge is 2.16. The quantitative estimate of drug-likeness (QED) is 0.811. The maximum atomic E-state index is 13.6. The van der Waals surface area contributed by atoms with Gasteiger partial charge in [-0.2, -0.15) is 0 Å². The zero-order valence-corrected chi connectivity index (χ0v) is 11.6. The molecule has 1 saturated heterocycles. The maximum Gasteiger partial charge on any atom is 0.322 e. The third-order valence-corrected chi connectivity index (χ3v) is 2.98. The first kappa shape index (κ1) is 15.3. The van der Waals surface area contributed by atoms with Crippen LogP contribution in [-0.4, -0.2) is 48.9 Å². The largest absolute Gasteiger partial charge is 0.395 e. The Hall–Kier alpha value is -2.10. The van der Waals surface area contributed by atoms with Crippen LogP contribution in [0.2, 0.25) is 0 Å². The van der Waals surface area contributed by atoms with Crippen molar-refractivity contribution in [1.82, 2.24) is 4.90 Å². The predicted molar refractivity (Wildman–Crippen MR) is 76.4 cm³/mol. The molecule has 1 aromatic rings. The van der Waals surface area contributed by atoms with E-state index in [1.807, 2.05) is 0 Å².